The second kappa shape index (κ2) is 7.94. The highest BCUT2D eigenvalue weighted by Crippen LogP contribution is 2.21. The average Bonchev–Trinajstić information content (AvgIpc) is 2.24. The Morgan fingerprint density at radius 2 is 1.56 bits per heavy atom. The van der Waals surface area contributed by atoms with Gasteiger partial charge >= 0.3 is 0 Å². The van der Waals surface area contributed by atoms with Gasteiger partial charge in [-0.3, -0.25) is 0 Å². The minimum Gasteiger partial charge on any atom is -0.396 e. The van der Waals surface area contributed by atoms with Crippen LogP contribution in [0, 0.1) is 5.92 Å². The summed E-state index contributed by atoms with van der Waals surface area (Å²) in [7, 11) is 0. The highest BCUT2D eigenvalue weighted by Gasteiger charge is 2.31. The monoisotopic (exact) mass is 238 g/mol. The van der Waals surface area contributed by atoms with E-state index < -0.39 is 36.9 Å². The fourth-order valence-electron chi connectivity index (χ4n) is 1.62. The molecule has 0 fully saturated rings. The van der Waals surface area contributed by atoms with E-state index in [4.69, 9.17) is 10.2 Å². The first-order chi connectivity index (χ1) is 7.43. The third-order valence-electron chi connectivity index (χ3n) is 2.61. The average molecular weight is 238 g/mol. The number of hydrogen-bond donors (Lipinski definition) is 6. The molecule has 0 aromatic carbocycles. The van der Waals surface area contributed by atoms with Crippen molar-refractivity contribution in [3.05, 3.63) is 0 Å². The highest BCUT2D eigenvalue weighted by atomic mass is 16.3. The van der Waals surface area contributed by atoms with Crippen molar-refractivity contribution >= 4 is 0 Å². The Morgan fingerprint density at radius 1 is 1.00 bits per heavy atom. The van der Waals surface area contributed by atoms with Crippen LogP contribution in [-0.4, -0.2) is 68.3 Å². The molecule has 5 unspecified atom stereocenters. The molecular weight excluding hydrogens is 216 g/mol. The van der Waals surface area contributed by atoms with Gasteiger partial charge in [0.2, 0.25) is 0 Å². The third kappa shape index (κ3) is 5.20. The van der Waals surface area contributed by atoms with Gasteiger partial charge < -0.3 is 30.6 Å². The van der Waals surface area contributed by atoms with E-state index >= 15 is 0 Å². The Kier molecular flexibility index (Phi) is 7.82. The van der Waals surface area contributed by atoms with E-state index in [1.54, 1.807) is 0 Å². The molecule has 0 saturated heterocycles. The van der Waals surface area contributed by atoms with Crippen LogP contribution in [0.1, 0.15) is 19.8 Å². The molecule has 0 rings (SSSR count). The summed E-state index contributed by atoms with van der Waals surface area (Å²) in [5.74, 6) is -0.783. The van der Waals surface area contributed by atoms with Crippen LogP contribution < -0.4 is 0 Å². The van der Waals surface area contributed by atoms with Gasteiger partial charge in [0.25, 0.3) is 0 Å². The Hall–Kier alpha value is -0.240. The lowest BCUT2D eigenvalue weighted by Gasteiger charge is -2.30. The maximum atomic E-state index is 9.65. The fraction of sp³-hybridized carbons (Fsp3) is 1.00. The zero-order valence-corrected chi connectivity index (χ0v) is 9.40. The van der Waals surface area contributed by atoms with Crippen molar-refractivity contribution < 1.29 is 30.6 Å². The van der Waals surface area contributed by atoms with Crippen molar-refractivity contribution in [3.8, 4) is 0 Å². The quantitative estimate of drug-likeness (QED) is 0.286. The van der Waals surface area contributed by atoms with Crippen LogP contribution in [0.15, 0.2) is 0 Å². The minimum atomic E-state index is -1.21. The first-order valence-electron chi connectivity index (χ1n) is 5.38. The maximum absolute atomic E-state index is 9.65. The van der Waals surface area contributed by atoms with Gasteiger partial charge in [-0.2, -0.15) is 0 Å². The summed E-state index contributed by atoms with van der Waals surface area (Å²) in [4.78, 5) is 0. The van der Waals surface area contributed by atoms with E-state index in [0.29, 0.717) is 0 Å². The fourth-order valence-corrected chi connectivity index (χ4v) is 1.62. The summed E-state index contributed by atoms with van der Waals surface area (Å²) >= 11 is 0. The van der Waals surface area contributed by atoms with Gasteiger partial charge in [-0.25, -0.2) is 0 Å². The van der Waals surface area contributed by atoms with E-state index in [1.807, 2.05) is 0 Å². The lowest BCUT2D eigenvalue weighted by atomic mass is 9.86. The van der Waals surface area contributed by atoms with Crippen LogP contribution in [-0.2, 0) is 0 Å². The number of aliphatic hydroxyl groups is 6. The maximum Gasteiger partial charge on any atom is 0.0850 e. The molecule has 0 aliphatic rings. The Bertz CT molecular complexity index is 175. The molecular formula is C10H22O6. The van der Waals surface area contributed by atoms with Gasteiger partial charge in [0.05, 0.1) is 31.0 Å². The largest absolute Gasteiger partial charge is 0.396 e. The molecule has 0 radical (unpaired) electrons. The molecule has 0 bridgehead atoms. The van der Waals surface area contributed by atoms with Crippen LogP contribution in [0.4, 0.5) is 0 Å². The van der Waals surface area contributed by atoms with Crippen molar-refractivity contribution in [1.29, 1.82) is 0 Å². The normalized spacial score (nSPS) is 21.2. The molecule has 6 N–H and O–H groups in total. The molecule has 6 nitrogen and oxygen atoms in total. The molecule has 16 heavy (non-hydrogen) atoms. The second-order valence-corrected chi connectivity index (χ2v) is 4.05. The Morgan fingerprint density at radius 3 is 1.94 bits per heavy atom. The lowest BCUT2D eigenvalue weighted by molar-refractivity contribution is -0.0747. The standard InChI is InChI=1S/C10H22O6/c1-6(13)10(16)8(4-7(14)5-12)9(15)2-3-11/h6-16H,2-5H2,1H3. The Balaban J connectivity index is 4.48. The molecule has 0 aliphatic carbocycles. The summed E-state index contributed by atoms with van der Waals surface area (Å²) in [6.07, 6.45) is -4.34. The van der Waals surface area contributed by atoms with Crippen molar-refractivity contribution in [2.24, 2.45) is 5.92 Å². The lowest BCUT2D eigenvalue weighted by Crippen LogP contribution is -2.41. The van der Waals surface area contributed by atoms with Crippen LogP contribution in [0.3, 0.4) is 0 Å². The smallest absolute Gasteiger partial charge is 0.0850 e. The van der Waals surface area contributed by atoms with Gasteiger partial charge in [-0.15, -0.1) is 0 Å². The van der Waals surface area contributed by atoms with Crippen LogP contribution in [0.5, 0.6) is 0 Å². The highest BCUT2D eigenvalue weighted by molar-refractivity contribution is 4.81. The van der Waals surface area contributed by atoms with Crippen molar-refractivity contribution in [2.45, 2.75) is 44.2 Å². The van der Waals surface area contributed by atoms with Gasteiger partial charge in [-0.1, -0.05) is 0 Å². The van der Waals surface area contributed by atoms with E-state index in [0.717, 1.165) is 0 Å². The summed E-state index contributed by atoms with van der Waals surface area (Å²) in [5.41, 5.74) is 0. The molecule has 0 saturated carbocycles. The van der Waals surface area contributed by atoms with E-state index in [9.17, 15) is 20.4 Å². The van der Waals surface area contributed by atoms with Gasteiger partial charge in [-0.05, 0) is 19.8 Å². The summed E-state index contributed by atoms with van der Waals surface area (Å²) in [6, 6.07) is 0. The van der Waals surface area contributed by atoms with E-state index in [2.05, 4.69) is 0 Å². The zero-order valence-electron chi connectivity index (χ0n) is 9.40. The second-order valence-electron chi connectivity index (χ2n) is 4.05. The number of hydrogen-bond acceptors (Lipinski definition) is 6. The third-order valence-corrected chi connectivity index (χ3v) is 2.61. The first kappa shape index (κ1) is 15.8. The molecule has 98 valence electrons. The number of rotatable bonds is 8. The molecule has 0 heterocycles. The van der Waals surface area contributed by atoms with Crippen LogP contribution in [0.25, 0.3) is 0 Å². The molecule has 0 aliphatic heterocycles. The van der Waals surface area contributed by atoms with Crippen molar-refractivity contribution in [3.63, 3.8) is 0 Å². The zero-order chi connectivity index (χ0) is 12.7. The predicted molar refractivity (Wildman–Crippen MR) is 56.6 cm³/mol. The topological polar surface area (TPSA) is 121 Å². The number of aliphatic hydroxyl groups excluding tert-OH is 6. The van der Waals surface area contributed by atoms with E-state index in [-0.39, 0.29) is 19.4 Å². The van der Waals surface area contributed by atoms with E-state index in [1.165, 1.54) is 6.92 Å². The molecule has 5 atom stereocenters. The van der Waals surface area contributed by atoms with Gasteiger partial charge in [0, 0.05) is 12.5 Å². The van der Waals surface area contributed by atoms with Gasteiger partial charge in [0.15, 0.2) is 0 Å². The SMILES string of the molecule is CC(O)C(O)C(CC(O)CO)C(O)CCO. The van der Waals surface area contributed by atoms with Gasteiger partial charge in [0.1, 0.15) is 0 Å². The molecule has 0 aromatic heterocycles. The van der Waals surface area contributed by atoms with Crippen LogP contribution in [0.2, 0.25) is 0 Å². The first-order valence-corrected chi connectivity index (χ1v) is 5.38. The predicted octanol–water partition coefficient (Wildman–Crippen LogP) is -2.17. The summed E-state index contributed by atoms with van der Waals surface area (Å²) in [6.45, 7) is 0.642. The molecule has 0 aromatic rings. The Labute approximate surface area is 94.8 Å². The molecule has 6 heteroatoms. The summed E-state index contributed by atoms with van der Waals surface area (Å²) in [5, 5.41) is 55.1. The van der Waals surface area contributed by atoms with Crippen molar-refractivity contribution in [2.75, 3.05) is 13.2 Å². The van der Waals surface area contributed by atoms with Crippen molar-refractivity contribution in [1.82, 2.24) is 0 Å². The molecule has 0 spiro atoms. The van der Waals surface area contributed by atoms with Crippen LogP contribution >= 0.6 is 0 Å². The minimum absolute atomic E-state index is 0.0380. The molecule has 0 amide bonds. The summed E-state index contributed by atoms with van der Waals surface area (Å²) < 4.78 is 0.